The first-order valence-corrected chi connectivity index (χ1v) is 31.2. The van der Waals surface area contributed by atoms with Crippen molar-refractivity contribution in [2.75, 3.05) is 62.6 Å². The summed E-state index contributed by atoms with van der Waals surface area (Å²) in [6, 6.07) is 25.4. The normalized spacial score (nSPS) is 20.1. The summed E-state index contributed by atoms with van der Waals surface area (Å²) >= 11 is 6.27. The van der Waals surface area contributed by atoms with E-state index in [-0.39, 0.29) is 53.1 Å². The van der Waals surface area contributed by atoms with Gasteiger partial charge in [0.2, 0.25) is 11.8 Å². The number of hydrogen-bond acceptors (Lipinski definition) is 15. The van der Waals surface area contributed by atoms with Crippen molar-refractivity contribution in [3.63, 3.8) is 0 Å². The third kappa shape index (κ3) is 13.8. The van der Waals surface area contributed by atoms with E-state index in [1.54, 1.807) is 42.6 Å². The van der Waals surface area contributed by atoms with Crippen LogP contribution in [-0.2, 0) is 26.2 Å². The zero-order valence-electron chi connectivity index (χ0n) is 47.8. The van der Waals surface area contributed by atoms with Crippen LogP contribution in [0.25, 0.3) is 16.6 Å². The Hall–Kier alpha value is -7.85. The third-order valence-electron chi connectivity index (χ3n) is 17.3. The number of aromatic nitrogens is 2. The fourth-order valence-electron chi connectivity index (χ4n) is 12.4. The van der Waals surface area contributed by atoms with Crippen molar-refractivity contribution in [2.24, 2.45) is 11.3 Å². The molecule has 446 valence electrons. The number of halogens is 1. The van der Waals surface area contributed by atoms with Gasteiger partial charge in [-0.3, -0.25) is 39.5 Å². The van der Waals surface area contributed by atoms with Crippen LogP contribution in [0.2, 0.25) is 5.02 Å². The highest BCUT2D eigenvalue weighted by Gasteiger charge is 2.40. The number of benzene rings is 4. The highest BCUT2D eigenvalue weighted by molar-refractivity contribution is 7.90. The highest BCUT2D eigenvalue weighted by Crippen LogP contribution is 2.44. The summed E-state index contributed by atoms with van der Waals surface area (Å²) in [6.45, 7) is 10.5. The number of pyridine rings is 1. The topological polar surface area (TPSA) is 251 Å². The molecule has 5 heterocycles. The number of amides is 4. The molecule has 4 aromatic carbocycles. The number of anilines is 2. The molecule has 0 bridgehead atoms. The first-order chi connectivity index (χ1) is 40.9. The molecule has 4 amide bonds. The van der Waals surface area contributed by atoms with Crippen LogP contribution in [-0.4, -0.2) is 121 Å². The Kier molecular flexibility index (Phi) is 17.6. The molecule has 5 aliphatic rings. The van der Waals surface area contributed by atoms with Gasteiger partial charge in [-0.15, -0.1) is 0 Å². The van der Waals surface area contributed by atoms with Gasteiger partial charge in [-0.25, -0.2) is 18.1 Å². The van der Waals surface area contributed by atoms with E-state index in [0.29, 0.717) is 61.4 Å². The van der Waals surface area contributed by atoms with Crippen LogP contribution >= 0.6 is 11.6 Å². The lowest BCUT2D eigenvalue weighted by Gasteiger charge is -2.39. The van der Waals surface area contributed by atoms with E-state index in [2.05, 4.69) is 66.4 Å². The molecule has 5 N–H and O–H groups in total. The number of carbonyl (C=O) groups excluding carboxylic acids is 4. The molecule has 22 heteroatoms. The number of imide groups is 1. The number of hydrogen-bond donors (Lipinski definition) is 5. The van der Waals surface area contributed by atoms with E-state index in [1.807, 2.05) is 24.3 Å². The Morgan fingerprint density at radius 3 is 2.48 bits per heavy atom. The van der Waals surface area contributed by atoms with Crippen molar-refractivity contribution in [2.45, 2.75) is 108 Å². The fraction of sp³-hybridized carbons (Fsp3) is 0.413. The van der Waals surface area contributed by atoms with E-state index < -0.39 is 43.4 Å². The second-order valence-electron chi connectivity index (χ2n) is 23.7. The molecule has 2 aliphatic carbocycles. The maximum atomic E-state index is 14.2. The molecule has 1 saturated carbocycles. The number of H-pyrrole nitrogens is 1. The van der Waals surface area contributed by atoms with Crippen molar-refractivity contribution in [3.8, 4) is 17.2 Å². The monoisotopic (exact) mass is 1190 g/mol. The average molecular weight is 1200 g/mol. The summed E-state index contributed by atoms with van der Waals surface area (Å²) in [5.74, 6) is -0.689. The van der Waals surface area contributed by atoms with E-state index in [4.69, 9.17) is 21.1 Å². The Bertz CT molecular complexity index is 3670. The molecule has 1 atom stereocenters. The highest BCUT2D eigenvalue weighted by atomic mass is 35.5. The standard InChI is InChI=1S/C63H71ClN10O10S/c1-63(2)24-22-43(51(35-63)41-10-12-44(64)13-11-41)38-71-27-29-72(30-28-71)46-16-18-50(57(33-46)84-47-32-42-23-26-66-59(42)68-37-47)60(76)70-85(81,82)48-17-19-53(55(34-48)74(79)80)67-36-40-8-14-45(15-9-40)65-25-3-4-31-83-56-7-5-6-49-52(56)39-73(62(49)78)54-20-21-58(75)69-61(54)77/h5-7,10-13,16-19,23,26,32-34,37,40,45,54,65,67H,3-4,8-9,14-15,20-22,24-25,27-31,35-36,38-39H2,1-2H3,(H,66,68)(H,70,76)(H,69,75,77)/t40-,45-,54?. The predicted octanol–water partition coefficient (Wildman–Crippen LogP) is 10.0. The fourth-order valence-corrected chi connectivity index (χ4v) is 13.5. The van der Waals surface area contributed by atoms with Crippen LogP contribution in [0, 0.1) is 21.4 Å². The Balaban J connectivity index is 0.669. The van der Waals surface area contributed by atoms with E-state index in [0.717, 1.165) is 112 Å². The Morgan fingerprint density at radius 2 is 1.71 bits per heavy atom. The zero-order chi connectivity index (χ0) is 59.4. The minimum Gasteiger partial charge on any atom is -0.493 e. The lowest BCUT2D eigenvalue weighted by atomic mass is 9.72. The maximum Gasteiger partial charge on any atom is 0.293 e. The zero-order valence-corrected chi connectivity index (χ0v) is 49.4. The Labute approximate surface area is 499 Å². The molecule has 6 aromatic rings. The molecule has 11 rings (SSSR count). The average Bonchev–Trinajstić information content (AvgIpc) is 2.99. The van der Waals surface area contributed by atoms with Crippen LogP contribution in [0.5, 0.6) is 17.2 Å². The molecule has 85 heavy (non-hydrogen) atoms. The minimum atomic E-state index is -4.63. The number of rotatable bonds is 21. The molecule has 2 saturated heterocycles. The van der Waals surface area contributed by atoms with Crippen LogP contribution in [0.15, 0.2) is 114 Å². The quantitative estimate of drug-likeness (QED) is 0.0195. The van der Waals surface area contributed by atoms with Gasteiger partial charge in [0.15, 0.2) is 0 Å². The number of allylic oxidation sites excluding steroid dienone is 1. The number of aromatic amines is 1. The van der Waals surface area contributed by atoms with Crippen LogP contribution in [0.1, 0.15) is 116 Å². The molecular weight excluding hydrogens is 1120 g/mol. The van der Waals surface area contributed by atoms with E-state index in [9.17, 15) is 37.7 Å². The van der Waals surface area contributed by atoms with Crippen molar-refractivity contribution in [3.05, 3.63) is 146 Å². The first-order valence-electron chi connectivity index (χ1n) is 29.3. The number of nitro groups is 1. The van der Waals surface area contributed by atoms with Gasteiger partial charge >= 0.3 is 0 Å². The summed E-state index contributed by atoms with van der Waals surface area (Å²) in [5, 5.41) is 23.2. The van der Waals surface area contributed by atoms with Gasteiger partial charge in [0.25, 0.3) is 27.5 Å². The molecule has 3 fully saturated rings. The summed E-state index contributed by atoms with van der Waals surface area (Å²) < 4.78 is 42.6. The molecule has 3 aliphatic heterocycles. The molecule has 2 aromatic heterocycles. The van der Waals surface area contributed by atoms with Gasteiger partial charge in [-0.2, -0.15) is 0 Å². The number of ether oxygens (including phenoxy) is 2. The van der Waals surface area contributed by atoms with Crippen LogP contribution in [0.3, 0.4) is 0 Å². The largest absolute Gasteiger partial charge is 0.493 e. The summed E-state index contributed by atoms with van der Waals surface area (Å²) in [7, 11) is -4.63. The lowest BCUT2D eigenvalue weighted by Crippen LogP contribution is -2.52. The molecule has 0 spiro atoms. The number of unbranched alkanes of at least 4 members (excludes halogenated alkanes) is 1. The number of sulfonamides is 1. The number of carbonyl (C=O) groups is 4. The second-order valence-corrected chi connectivity index (χ2v) is 25.8. The lowest BCUT2D eigenvalue weighted by molar-refractivity contribution is -0.384. The second kappa shape index (κ2) is 25.4. The predicted molar refractivity (Wildman–Crippen MR) is 324 cm³/mol. The SMILES string of the molecule is CC1(C)CCC(CN2CCN(c3ccc(C(=O)NS(=O)(=O)c4ccc(NC[C@H]5CC[C@H](NCCCCOc6cccc7c6CN(C6CCC(=O)NC6=O)C7=O)CC5)c([N+](=O)[O-])c4)c(Oc4cnc5[nH]ccc5c4)c3)CC2)=C(c2ccc(Cl)cc2)C1. The summed E-state index contributed by atoms with van der Waals surface area (Å²) in [4.78, 5) is 76.6. The summed E-state index contributed by atoms with van der Waals surface area (Å²) in [5.41, 5.74) is 6.67. The number of piperidine rings is 1. The number of fused-ring (bicyclic) bond motifs is 2. The van der Waals surface area contributed by atoms with Gasteiger partial charge in [-0.1, -0.05) is 49.2 Å². The van der Waals surface area contributed by atoms with Crippen LogP contribution in [0.4, 0.5) is 17.1 Å². The van der Waals surface area contributed by atoms with Crippen molar-refractivity contribution >= 4 is 78.9 Å². The van der Waals surface area contributed by atoms with Crippen molar-refractivity contribution < 1.29 is 42.0 Å². The molecule has 1 unspecified atom stereocenters. The number of nitrogens with one attached hydrogen (secondary N) is 5. The maximum absolute atomic E-state index is 14.2. The van der Waals surface area contributed by atoms with E-state index in [1.165, 1.54) is 39.9 Å². The smallest absolute Gasteiger partial charge is 0.293 e. The van der Waals surface area contributed by atoms with Gasteiger partial charge < -0.3 is 34.9 Å². The van der Waals surface area contributed by atoms with Gasteiger partial charge in [0.05, 0.1) is 34.7 Å². The first kappa shape index (κ1) is 58.9. The van der Waals surface area contributed by atoms with Crippen molar-refractivity contribution in [1.82, 2.24) is 35.1 Å². The van der Waals surface area contributed by atoms with Crippen LogP contribution < -0.4 is 35.0 Å². The molecule has 0 radical (unpaired) electrons. The minimum absolute atomic E-state index is 0.0554. The molecule has 20 nitrogen and oxygen atoms in total. The summed E-state index contributed by atoms with van der Waals surface area (Å²) in [6.07, 6.45) is 12.2. The van der Waals surface area contributed by atoms with Crippen molar-refractivity contribution in [1.29, 1.82) is 0 Å². The Morgan fingerprint density at radius 1 is 0.906 bits per heavy atom. The number of nitro benzene ring substituents is 1. The third-order valence-corrected chi connectivity index (χ3v) is 18.9. The number of nitrogens with zero attached hydrogens (tertiary/aromatic N) is 5. The van der Waals surface area contributed by atoms with Gasteiger partial charge in [0, 0.05) is 97.3 Å². The van der Waals surface area contributed by atoms with Gasteiger partial charge in [0.1, 0.15) is 34.6 Å². The molecular formula is C63H71ClN10O10S. The van der Waals surface area contributed by atoms with E-state index >= 15 is 0 Å². The van der Waals surface area contributed by atoms with Gasteiger partial charge in [-0.05, 0) is 154 Å². The number of piperazine rings is 1.